The molecule has 0 spiro atoms. The molecule has 0 aliphatic carbocycles. The van der Waals surface area contributed by atoms with E-state index in [1.807, 2.05) is 39.0 Å². The van der Waals surface area contributed by atoms with E-state index in [2.05, 4.69) is 5.10 Å². The molecule has 0 saturated carbocycles. The summed E-state index contributed by atoms with van der Waals surface area (Å²) in [6, 6.07) is 5.88. The number of hydrazone groups is 1. The van der Waals surface area contributed by atoms with Crippen LogP contribution in [0.2, 0.25) is 0 Å². The number of hydrogen-bond donors (Lipinski definition) is 1. The Morgan fingerprint density at radius 3 is 2.79 bits per heavy atom. The molecule has 2 N–H and O–H groups in total. The molecule has 1 aromatic rings. The zero-order valence-corrected chi connectivity index (χ0v) is 11.5. The van der Waals surface area contributed by atoms with Gasteiger partial charge in [0.15, 0.2) is 0 Å². The van der Waals surface area contributed by atoms with Crippen LogP contribution in [0, 0.1) is 0 Å². The van der Waals surface area contributed by atoms with E-state index in [1.165, 1.54) is 0 Å². The molecule has 0 unspecified atom stereocenters. The number of amides is 1. The Morgan fingerprint density at radius 1 is 1.42 bits per heavy atom. The lowest BCUT2D eigenvalue weighted by atomic mass is 10.0. The molecule has 0 bridgehead atoms. The van der Waals surface area contributed by atoms with E-state index in [0.29, 0.717) is 13.1 Å². The number of carbonyl (C=O) groups excluding carboxylic acids is 1. The number of nitrogens with two attached hydrogens (primary N) is 1. The van der Waals surface area contributed by atoms with Gasteiger partial charge < -0.3 is 10.6 Å². The highest BCUT2D eigenvalue weighted by atomic mass is 16.6. The molecular weight excluding hydrogens is 242 g/mol. The first kappa shape index (κ1) is 13.4. The number of ether oxygens (including phenoxy) is 1. The van der Waals surface area contributed by atoms with Crippen LogP contribution in [-0.2, 0) is 17.8 Å². The lowest BCUT2D eigenvalue weighted by Crippen LogP contribution is -2.33. The van der Waals surface area contributed by atoms with E-state index < -0.39 is 5.60 Å². The summed E-state index contributed by atoms with van der Waals surface area (Å²) in [4.78, 5) is 13.7. The highest BCUT2D eigenvalue weighted by molar-refractivity contribution is 5.83. The Hall–Kier alpha value is -2.04. The van der Waals surface area contributed by atoms with E-state index in [9.17, 15) is 4.79 Å². The van der Waals surface area contributed by atoms with Crippen LogP contribution in [-0.4, -0.2) is 22.8 Å². The molecule has 19 heavy (non-hydrogen) atoms. The normalized spacial score (nSPS) is 14.8. The van der Waals surface area contributed by atoms with Gasteiger partial charge in [0, 0.05) is 6.54 Å². The Labute approximate surface area is 113 Å². The molecule has 1 aromatic carbocycles. The zero-order valence-electron chi connectivity index (χ0n) is 11.5. The maximum Gasteiger partial charge on any atom is 0.410 e. The molecule has 1 aliphatic heterocycles. The van der Waals surface area contributed by atoms with E-state index in [0.717, 1.165) is 16.7 Å². The van der Waals surface area contributed by atoms with Crippen molar-refractivity contribution < 1.29 is 9.53 Å². The van der Waals surface area contributed by atoms with Crippen molar-refractivity contribution in [3.63, 3.8) is 0 Å². The van der Waals surface area contributed by atoms with Gasteiger partial charge in [0.05, 0.1) is 12.8 Å². The summed E-state index contributed by atoms with van der Waals surface area (Å²) in [7, 11) is 0. The second-order valence-corrected chi connectivity index (χ2v) is 5.60. The maximum absolute atomic E-state index is 12.0. The van der Waals surface area contributed by atoms with Gasteiger partial charge in [-0.05, 0) is 37.5 Å². The fourth-order valence-corrected chi connectivity index (χ4v) is 2.10. The number of rotatable bonds is 1. The zero-order chi connectivity index (χ0) is 14.0. The van der Waals surface area contributed by atoms with E-state index in [1.54, 1.807) is 11.1 Å². The quantitative estimate of drug-likeness (QED) is 0.479. The molecule has 0 atom stereocenters. The highest BCUT2D eigenvalue weighted by Gasteiger charge is 2.28. The third-order valence-electron chi connectivity index (χ3n) is 2.88. The van der Waals surface area contributed by atoms with Crippen molar-refractivity contribution in [2.45, 2.75) is 39.5 Å². The van der Waals surface area contributed by atoms with Crippen LogP contribution < -0.4 is 5.84 Å². The van der Waals surface area contributed by atoms with Crippen LogP contribution in [0.3, 0.4) is 0 Å². The van der Waals surface area contributed by atoms with Gasteiger partial charge in [0.25, 0.3) is 0 Å². The van der Waals surface area contributed by atoms with Crippen molar-refractivity contribution >= 4 is 12.3 Å². The maximum atomic E-state index is 12.0. The first-order chi connectivity index (χ1) is 8.90. The second kappa shape index (κ2) is 4.91. The smallest absolute Gasteiger partial charge is 0.410 e. The van der Waals surface area contributed by atoms with Gasteiger partial charge in [-0.2, -0.15) is 5.10 Å². The fraction of sp³-hybridized carbons (Fsp3) is 0.429. The molecule has 0 aromatic heterocycles. The van der Waals surface area contributed by atoms with Crippen LogP contribution in [0.15, 0.2) is 23.3 Å². The topological polar surface area (TPSA) is 67.9 Å². The first-order valence-corrected chi connectivity index (χ1v) is 6.22. The summed E-state index contributed by atoms with van der Waals surface area (Å²) >= 11 is 0. The van der Waals surface area contributed by atoms with Gasteiger partial charge in [0.2, 0.25) is 0 Å². The van der Waals surface area contributed by atoms with Crippen molar-refractivity contribution in [1.82, 2.24) is 4.90 Å². The number of hydrogen-bond acceptors (Lipinski definition) is 4. The van der Waals surface area contributed by atoms with E-state index in [-0.39, 0.29) is 6.09 Å². The van der Waals surface area contributed by atoms with E-state index in [4.69, 9.17) is 10.6 Å². The molecule has 0 fully saturated rings. The summed E-state index contributed by atoms with van der Waals surface area (Å²) in [5.74, 6) is 5.20. The number of carbonyl (C=O) groups is 1. The summed E-state index contributed by atoms with van der Waals surface area (Å²) in [6.45, 7) is 6.69. The van der Waals surface area contributed by atoms with Gasteiger partial charge >= 0.3 is 6.09 Å². The fourth-order valence-electron chi connectivity index (χ4n) is 2.10. The minimum Gasteiger partial charge on any atom is -0.444 e. The largest absolute Gasteiger partial charge is 0.444 e. The number of fused-ring (bicyclic) bond motifs is 1. The van der Waals surface area contributed by atoms with Crippen molar-refractivity contribution in [3.05, 3.63) is 34.9 Å². The van der Waals surface area contributed by atoms with Crippen LogP contribution in [0.1, 0.15) is 37.5 Å². The van der Waals surface area contributed by atoms with Crippen molar-refractivity contribution in [2.75, 3.05) is 0 Å². The van der Waals surface area contributed by atoms with Crippen LogP contribution in [0.25, 0.3) is 0 Å². The van der Waals surface area contributed by atoms with Crippen LogP contribution in [0.4, 0.5) is 4.79 Å². The molecule has 5 nitrogen and oxygen atoms in total. The highest BCUT2D eigenvalue weighted by Crippen LogP contribution is 2.26. The standard InChI is InChI=1S/C14H19N3O2/c1-14(2,3)19-13(18)17-8-11-6-4-5-10(7-16-15)12(11)9-17/h4-7H,8-9,15H2,1-3H3. The minimum absolute atomic E-state index is 0.292. The van der Waals surface area contributed by atoms with Crippen molar-refractivity contribution in [2.24, 2.45) is 10.9 Å². The molecule has 1 aliphatic rings. The summed E-state index contributed by atoms with van der Waals surface area (Å²) in [5, 5.41) is 3.55. The predicted molar refractivity (Wildman–Crippen MR) is 73.7 cm³/mol. The Kier molecular flexibility index (Phi) is 3.46. The third kappa shape index (κ3) is 3.05. The Bertz CT molecular complexity index is 518. The number of nitrogens with zero attached hydrogens (tertiary/aromatic N) is 2. The molecule has 0 radical (unpaired) electrons. The third-order valence-corrected chi connectivity index (χ3v) is 2.88. The lowest BCUT2D eigenvalue weighted by Gasteiger charge is -2.24. The molecule has 0 saturated heterocycles. The summed E-state index contributed by atoms with van der Waals surface area (Å²) in [6.07, 6.45) is 1.32. The van der Waals surface area contributed by atoms with Gasteiger partial charge in [-0.3, -0.25) is 4.90 Å². The average molecular weight is 261 g/mol. The molecule has 2 rings (SSSR count). The average Bonchev–Trinajstić information content (AvgIpc) is 2.72. The van der Waals surface area contributed by atoms with Gasteiger partial charge in [-0.15, -0.1) is 0 Å². The summed E-state index contributed by atoms with van der Waals surface area (Å²) in [5.41, 5.74) is 2.67. The number of benzene rings is 1. The van der Waals surface area contributed by atoms with Crippen molar-refractivity contribution in [1.29, 1.82) is 0 Å². The SMILES string of the molecule is CC(C)(C)OC(=O)N1Cc2cccc(C=NN)c2C1. The van der Waals surface area contributed by atoms with Crippen LogP contribution >= 0.6 is 0 Å². The van der Waals surface area contributed by atoms with Gasteiger partial charge in [-0.1, -0.05) is 18.2 Å². The summed E-state index contributed by atoms with van der Waals surface area (Å²) < 4.78 is 5.38. The Morgan fingerprint density at radius 2 is 2.16 bits per heavy atom. The van der Waals surface area contributed by atoms with E-state index >= 15 is 0 Å². The lowest BCUT2D eigenvalue weighted by molar-refractivity contribution is 0.0242. The van der Waals surface area contributed by atoms with Gasteiger partial charge in [0.1, 0.15) is 5.60 Å². The second-order valence-electron chi connectivity index (χ2n) is 5.60. The molecular formula is C14H19N3O2. The molecule has 1 heterocycles. The first-order valence-electron chi connectivity index (χ1n) is 6.22. The van der Waals surface area contributed by atoms with Crippen LogP contribution in [0.5, 0.6) is 0 Å². The minimum atomic E-state index is -0.479. The molecule has 102 valence electrons. The monoisotopic (exact) mass is 261 g/mol. The molecule has 5 heteroatoms. The van der Waals surface area contributed by atoms with Gasteiger partial charge in [-0.25, -0.2) is 4.79 Å². The Balaban J connectivity index is 2.16. The van der Waals surface area contributed by atoms with Crippen molar-refractivity contribution in [3.8, 4) is 0 Å². The predicted octanol–water partition coefficient (Wildman–Crippen LogP) is 2.23. The molecule has 1 amide bonds.